The first-order chi connectivity index (χ1) is 15.2. The maximum absolute atomic E-state index is 6.18. The van der Waals surface area contributed by atoms with E-state index in [2.05, 4.69) is 30.4 Å². The normalized spacial score (nSPS) is 14.3. The van der Waals surface area contributed by atoms with Gasteiger partial charge in [0, 0.05) is 31.2 Å². The molecule has 4 rings (SSSR count). The highest BCUT2D eigenvalue weighted by Gasteiger charge is 2.15. The Morgan fingerprint density at radius 1 is 1.13 bits per heavy atom. The maximum atomic E-state index is 6.18. The molecular weight excluding hydrogens is 420 g/mol. The summed E-state index contributed by atoms with van der Waals surface area (Å²) in [7, 11) is 3.25. The van der Waals surface area contributed by atoms with E-state index in [1.54, 1.807) is 14.2 Å². The molecule has 1 fully saturated rings. The van der Waals surface area contributed by atoms with Crippen molar-refractivity contribution in [3.63, 3.8) is 0 Å². The second-order valence-electron chi connectivity index (χ2n) is 7.45. The molecule has 1 aliphatic heterocycles. The summed E-state index contributed by atoms with van der Waals surface area (Å²) in [6.45, 7) is 4.47. The van der Waals surface area contributed by atoms with Gasteiger partial charge >= 0.3 is 0 Å². The van der Waals surface area contributed by atoms with Crippen molar-refractivity contribution >= 4 is 34.1 Å². The molecule has 166 valence electrons. The molecular formula is C21H27ClN6O3. The summed E-state index contributed by atoms with van der Waals surface area (Å²) in [4.78, 5) is 11.2. The fraction of sp³-hybridized carbons (Fsp3) is 0.476. The number of halogens is 1. The number of methoxy groups -OCH3 is 2. The molecule has 0 bridgehead atoms. The van der Waals surface area contributed by atoms with Gasteiger partial charge in [0.1, 0.15) is 5.82 Å². The number of ether oxygens (including phenoxy) is 3. The second-order valence-corrected chi connectivity index (χ2v) is 7.79. The minimum atomic E-state index is 0.132. The molecule has 1 aliphatic rings. The lowest BCUT2D eigenvalue weighted by molar-refractivity contribution is 0.181. The van der Waals surface area contributed by atoms with Crippen LogP contribution in [-0.2, 0) is 11.3 Å². The highest BCUT2D eigenvalue weighted by Crippen LogP contribution is 2.35. The Bertz CT molecular complexity index is 1020. The number of benzene rings is 1. The molecule has 2 N–H and O–H groups in total. The molecule has 0 aliphatic carbocycles. The van der Waals surface area contributed by atoms with Crippen LogP contribution in [0.4, 0.5) is 11.6 Å². The fourth-order valence-electron chi connectivity index (χ4n) is 3.73. The molecule has 2 aromatic heterocycles. The summed E-state index contributed by atoms with van der Waals surface area (Å²) in [6, 6.07) is 5.54. The molecule has 0 saturated carbocycles. The Kier molecular flexibility index (Phi) is 7.06. The number of nitrogens with zero attached hydrogens (tertiary/aromatic N) is 4. The van der Waals surface area contributed by atoms with Gasteiger partial charge in [-0.1, -0.05) is 0 Å². The van der Waals surface area contributed by atoms with Gasteiger partial charge in [-0.3, -0.25) is 5.10 Å². The molecule has 3 heterocycles. The predicted octanol–water partition coefficient (Wildman–Crippen LogP) is 3.77. The summed E-state index contributed by atoms with van der Waals surface area (Å²) in [5.74, 6) is 2.39. The number of nitrogens with one attached hydrogen (secondary N) is 2. The third kappa shape index (κ3) is 5.36. The topological polar surface area (TPSA) is 97.4 Å². The maximum Gasteiger partial charge on any atom is 0.224 e. The molecule has 0 unspecified atom stereocenters. The summed E-state index contributed by atoms with van der Waals surface area (Å²) >= 11 is 6.18. The van der Waals surface area contributed by atoms with Crippen molar-refractivity contribution in [1.82, 2.24) is 25.1 Å². The van der Waals surface area contributed by atoms with Crippen LogP contribution in [0.3, 0.4) is 0 Å². The van der Waals surface area contributed by atoms with Crippen molar-refractivity contribution in [2.45, 2.75) is 25.9 Å². The molecule has 1 aromatic carbocycles. The number of fused-ring (bicyclic) bond motifs is 1. The number of aromatic nitrogens is 4. The van der Waals surface area contributed by atoms with E-state index in [9.17, 15) is 0 Å². The number of hydrogen-bond acceptors (Lipinski definition) is 8. The van der Waals surface area contributed by atoms with Crippen molar-refractivity contribution in [3.05, 3.63) is 29.2 Å². The predicted molar refractivity (Wildman–Crippen MR) is 119 cm³/mol. The number of rotatable bonds is 10. The van der Waals surface area contributed by atoms with Crippen molar-refractivity contribution < 1.29 is 14.2 Å². The van der Waals surface area contributed by atoms with E-state index in [-0.39, 0.29) is 5.28 Å². The molecule has 0 amide bonds. The van der Waals surface area contributed by atoms with Gasteiger partial charge < -0.3 is 24.4 Å². The van der Waals surface area contributed by atoms with Crippen LogP contribution in [0.1, 0.15) is 25.0 Å². The van der Waals surface area contributed by atoms with Gasteiger partial charge in [0.2, 0.25) is 5.28 Å². The fourth-order valence-corrected chi connectivity index (χ4v) is 3.90. The molecule has 10 heteroatoms. The van der Waals surface area contributed by atoms with Gasteiger partial charge in [-0.05, 0) is 50.0 Å². The van der Waals surface area contributed by atoms with Crippen LogP contribution < -0.4 is 14.8 Å². The quantitative estimate of drug-likeness (QED) is 0.359. The van der Waals surface area contributed by atoms with Crippen molar-refractivity contribution in [3.8, 4) is 11.5 Å². The lowest BCUT2D eigenvalue weighted by Crippen LogP contribution is -2.21. The van der Waals surface area contributed by atoms with Gasteiger partial charge in [0.25, 0.3) is 0 Å². The summed E-state index contributed by atoms with van der Waals surface area (Å²) in [6.07, 6.45) is 3.55. The van der Waals surface area contributed by atoms with Gasteiger partial charge in [0.15, 0.2) is 17.3 Å². The first-order valence-corrected chi connectivity index (χ1v) is 10.7. The summed E-state index contributed by atoms with van der Waals surface area (Å²) < 4.78 is 16.7. The van der Waals surface area contributed by atoms with E-state index in [1.165, 1.54) is 25.9 Å². The minimum absolute atomic E-state index is 0.132. The zero-order valence-corrected chi connectivity index (χ0v) is 18.5. The first kappa shape index (κ1) is 21.6. The minimum Gasteiger partial charge on any atom is -0.493 e. The molecule has 1 saturated heterocycles. The van der Waals surface area contributed by atoms with E-state index in [0.717, 1.165) is 24.0 Å². The first-order valence-electron chi connectivity index (χ1n) is 10.4. The molecule has 0 atom stereocenters. The lowest BCUT2D eigenvalue weighted by atomic mass is 10.2. The molecule has 0 spiro atoms. The molecule has 9 nitrogen and oxygen atoms in total. The smallest absolute Gasteiger partial charge is 0.224 e. The number of aromatic amines is 1. The highest BCUT2D eigenvalue weighted by atomic mass is 35.5. The van der Waals surface area contributed by atoms with E-state index < -0.39 is 0 Å². The Hall–Kier alpha value is -2.62. The van der Waals surface area contributed by atoms with Crippen LogP contribution in [0.15, 0.2) is 18.2 Å². The second kappa shape index (κ2) is 10.1. The van der Waals surface area contributed by atoms with E-state index in [4.69, 9.17) is 25.8 Å². The van der Waals surface area contributed by atoms with Crippen LogP contribution in [0.5, 0.6) is 11.5 Å². The molecule has 31 heavy (non-hydrogen) atoms. The Balaban J connectivity index is 1.52. The monoisotopic (exact) mass is 446 g/mol. The standard InChI is InChI=1S/C21H27ClN6O3/c1-29-13-14-10-19(27-26-14)24-20-15-11-17(30-2)18(12-16(15)23-21(22)25-20)31-9-5-8-28-6-3-4-7-28/h10-12H,3-9,13H2,1-2H3,(H2,23,24,25,26,27). The highest BCUT2D eigenvalue weighted by molar-refractivity contribution is 6.28. The van der Waals surface area contributed by atoms with Gasteiger partial charge in [-0.2, -0.15) is 10.1 Å². The Labute approximate surface area is 186 Å². The third-order valence-corrected chi connectivity index (χ3v) is 5.38. The van der Waals surface area contributed by atoms with Crippen LogP contribution in [0.2, 0.25) is 5.28 Å². The number of H-pyrrole nitrogens is 1. The zero-order chi connectivity index (χ0) is 21.6. The average molecular weight is 447 g/mol. The van der Waals surface area contributed by atoms with E-state index in [0.29, 0.717) is 41.9 Å². The van der Waals surface area contributed by atoms with E-state index in [1.807, 2.05) is 18.2 Å². The lowest BCUT2D eigenvalue weighted by Gasteiger charge is -2.16. The van der Waals surface area contributed by atoms with Gasteiger partial charge in [0.05, 0.1) is 31.5 Å². The number of likely N-dealkylation sites (tertiary alicyclic amines) is 1. The van der Waals surface area contributed by atoms with Crippen molar-refractivity contribution in [1.29, 1.82) is 0 Å². The Morgan fingerprint density at radius 3 is 2.74 bits per heavy atom. The number of anilines is 2. The Morgan fingerprint density at radius 2 is 1.97 bits per heavy atom. The van der Waals surface area contributed by atoms with Crippen LogP contribution >= 0.6 is 11.6 Å². The summed E-state index contributed by atoms with van der Waals surface area (Å²) in [5, 5.41) is 11.2. The number of hydrogen-bond donors (Lipinski definition) is 2. The van der Waals surface area contributed by atoms with Gasteiger partial charge in [-0.15, -0.1) is 0 Å². The summed E-state index contributed by atoms with van der Waals surface area (Å²) in [5.41, 5.74) is 1.50. The van der Waals surface area contributed by atoms with Crippen LogP contribution in [-0.4, -0.2) is 65.5 Å². The van der Waals surface area contributed by atoms with Crippen LogP contribution in [0, 0.1) is 0 Å². The van der Waals surface area contributed by atoms with Crippen LogP contribution in [0.25, 0.3) is 10.9 Å². The average Bonchev–Trinajstić information content (AvgIpc) is 3.43. The molecule has 0 radical (unpaired) electrons. The SMILES string of the molecule is COCc1cc(Nc2nc(Cl)nc3cc(OCCCN4CCCC4)c(OC)cc23)n[nH]1. The molecule has 3 aromatic rings. The third-order valence-electron chi connectivity index (χ3n) is 5.21. The van der Waals surface area contributed by atoms with Crippen molar-refractivity contribution in [2.24, 2.45) is 0 Å². The zero-order valence-electron chi connectivity index (χ0n) is 17.8. The van der Waals surface area contributed by atoms with Crippen molar-refractivity contribution in [2.75, 3.05) is 45.8 Å². The largest absolute Gasteiger partial charge is 0.493 e. The van der Waals surface area contributed by atoms with Gasteiger partial charge in [-0.25, -0.2) is 4.98 Å². The van der Waals surface area contributed by atoms with E-state index >= 15 is 0 Å².